The number of nitrogens with zero attached hydrogens (tertiary/aromatic N) is 5. The Balaban J connectivity index is 1.62. The van der Waals surface area contributed by atoms with Crippen molar-refractivity contribution in [1.82, 2.24) is 24.2 Å². The molecule has 0 aromatic carbocycles. The Hall–Kier alpha value is -3.38. The van der Waals surface area contributed by atoms with Gasteiger partial charge in [-0.3, -0.25) is 14.2 Å². The second-order valence-corrected chi connectivity index (χ2v) is 8.90. The van der Waals surface area contributed by atoms with E-state index in [0.717, 1.165) is 18.0 Å². The summed E-state index contributed by atoms with van der Waals surface area (Å²) in [7, 11) is 0. The largest absolute Gasteiger partial charge is 0.477 e. The van der Waals surface area contributed by atoms with Gasteiger partial charge in [0.1, 0.15) is 17.7 Å². The smallest absolute Gasteiger partial charge is 0.341 e. The number of aromatic carboxylic acids is 1. The minimum Gasteiger partial charge on any atom is -0.477 e. The summed E-state index contributed by atoms with van der Waals surface area (Å²) in [5.41, 5.74) is -0.0569. The van der Waals surface area contributed by atoms with E-state index in [4.69, 9.17) is 4.74 Å². The number of hydrogen-bond donors (Lipinski definition) is 2. The van der Waals surface area contributed by atoms with Gasteiger partial charge in [0, 0.05) is 37.4 Å². The normalized spacial score (nSPS) is 14.7. The highest BCUT2D eigenvalue weighted by atomic mass is 32.1. The Kier molecular flexibility index (Phi) is 6.89. The van der Waals surface area contributed by atoms with Crippen molar-refractivity contribution in [2.75, 3.05) is 31.2 Å². The number of hydrogen-bond acceptors (Lipinski definition) is 9. The highest BCUT2D eigenvalue weighted by Gasteiger charge is 2.35. The first-order chi connectivity index (χ1) is 16.3. The van der Waals surface area contributed by atoms with E-state index in [1.807, 2.05) is 18.7 Å². The molecule has 0 radical (unpaired) electrons. The van der Waals surface area contributed by atoms with Crippen LogP contribution < -0.4 is 15.6 Å². The van der Waals surface area contributed by atoms with Gasteiger partial charge in [0.25, 0.3) is 0 Å². The third-order valence-corrected chi connectivity index (χ3v) is 6.53. The lowest BCUT2D eigenvalue weighted by atomic mass is 9.98. The Morgan fingerprint density at radius 1 is 1.35 bits per heavy atom. The molecule has 4 heterocycles. The molecule has 0 spiro atoms. The van der Waals surface area contributed by atoms with E-state index in [1.165, 1.54) is 17.1 Å². The summed E-state index contributed by atoms with van der Waals surface area (Å²) in [6, 6.07) is 1.73. The van der Waals surface area contributed by atoms with Gasteiger partial charge in [0.05, 0.1) is 24.0 Å². The van der Waals surface area contributed by atoms with Crippen LogP contribution in [0.4, 0.5) is 5.82 Å². The summed E-state index contributed by atoms with van der Waals surface area (Å²) in [5.74, 6) is -0.901. The van der Waals surface area contributed by atoms with Crippen LogP contribution in [-0.4, -0.2) is 68.2 Å². The molecule has 0 aliphatic carbocycles. The molecule has 0 unspecified atom stereocenters. The topological polar surface area (TPSA) is 140 Å². The zero-order valence-corrected chi connectivity index (χ0v) is 20.0. The van der Waals surface area contributed by atoms with E-state index < -0.39 is 11.4 Å². The number of ether oxygens (including phenoxy) is 1. The number of rotatable bonds is 9. The highest BCUT2D eigenvalue weighted by Crippen LogP contribution is 2.28. The fourth-order valence-corrected chi connectivity index (χ4v) is 4.39. The van der Waals surface area contributed by atoms with E-state index in [9.17, 15) is 19.5 Å². The first-order valence-electron chi connectivity index (χ1n) is 11.0. The van der Waals surface area contributed by atoms with Crippen molar-refractivity contribution < 1.29 is 19.4 Å². The van der Waals surface area contributed by atoms with Gasteiger partial charge in [0.15, 0.2) is 5.65 Å². The number of aromatic nitrogens is 4. The molecule has 12 heteroatoms. The maximum atomic E-state index is 12.9. The Bertz CT molecular complexity index is 1270. The van der Waals surface area contributed by atoms with Gasteiger partial charge in [0.2, 0.25) is 16.5 Å². The maximum Gasteiger partial charge on any atom is 0.341 e. The highest BCUT2D eigenvalue weighted by molar-refractivity contribution is 7.08. The van der Waals surface area contributed by atoms with Crippen LogP contribution in [-0.2, 0) is 9.53 Å². The van der Waals surface area contributed by atoms with Crippen LogP contribution in [0.25, 0.3) is 16.2 Å². The van der Waals surface area contributed by atoms with Gasteiger partial charge in [-0.05, 0) is 31.9 Å². The molecule has 1 atom stereocenters. The zero-order chi connectivity index (χ0) is 24.4. The lowest BCUT2D eigenvalue weighted by molar-refractivity contribution is -0.127. The number of amides is 1. The number of anilines is 1. The molecule has 1 fully saturated rings. The van der Waals surface area contributed by atoms with Gasteiger partial charge in [-0.2, -0.15) is 4.37 Å². The number of aryl methyl sites for hydroxylation is 1. The van der Waals surface area contributed by atoms with Crippen molar-refractivity contribution in [1.29, 1.82) is 0 Å². The van der Waals surface area contributed by atoms with Crippen molar-refractivity contribution in [3.63, 3.8) is 0 Å². The minimum atomic E-state index is -1.32. The molecule has 4 rings (SSSR count). The quantitative estimate of drug-likeness (QED) is 0.462. The summed E-state index contributed by atoms with van der Waals surface area (Å²) >= 11 is 1.06. The summed E-state index contributed by atoms with van der Waals surface area (Å²) in [5, 5.41) is 13.2. The number of carboxylic acids is 1. The predicted octanol–water partition coefficient (Wildman–Crippen LogP) is 1.61. The molecule has 3 aromatic rings. The van der Waals surface area contributed by atoms with Crippen molar-refractivity contribution in [2.24, 2.45) is 5.92 Å². The first kappa shape index (κ1) is 23.8. The molecule has 2 N–H and O–H groups in total. The van der Waals surface area contributed by atoms with Crippen LogP contribution in [0.5, 0.6) is 0 Å². The molecule has 1 aliphatic rings. The molecule has 0 bridgehead atoms. The summed E-state index contributed by atoms with van der Waals surface area (Å²) in [4.78, 5) is 48.0. The summed E-state index contributed by atoms with van der Waals surface area (Å²) in [6.07, 6.45) is 3.38. The standard InChI is InChI=1S/C22H26N6O5S/c1-4-14(10-33-5-2)25-20(30)13-7-27(8-13)16-6-12(3)17-18(29)15(21(31)32)9-28(19(17)26-16)22-23-11-24-34-22/h6,9,11,13-14H,4-5,7-8,10H2,1-3H3,(H,25,30)(H,31,32)/t14-/m0/s1. The molecule has 11 nitrogen and oxygen atoms in total. The third kappa shape index (κ3) is 4.50. The van der Waals surface area contributed by atoms with Crippen LogP contribution in [0.3, 0.4) is 0 Å². The van der Waals surface area contributed by atoms with Crippen LogP contribution in [0.1, 0.15) is 36.2 Å². The SMILES string of the molecule is CCOC[C@H](CC)NC(=O)C1CN(c2cc(C)c3c(=O)c(C(=O)O)cn(-c4ncns4)c3n2)C1. The van der Waals surface area contributed by atoms with Gasteiger partial charge >= 0.3 is 5.97 Å². The Morgan fingerprint density at radius 2 is 2.12 bits per heavy atom. The molecule has 34 heavy (non-hydrogen) atoms. The van der Waals surface area contributed by atoms with Crippen LogP contribution >= 0.6 is 11.5 Å². The van der Waals surface area contributed by atoms with E-state index in [2.05, 4.69) is 19.7 Å². The molecule has 1 aliphatic heterocycles. The molecule has 180 valence electrons. The van der Waals surface area contributed by atoms with E-state index in [0.29, 0.717) is 48.5 Å². The van der Waals surface area contributed by atoms with Crippen molar-refractivity contribution in [3.8, 4) is 5.13 Å². The van der Waals surface area contributed by atoms with Gasteiger partial charge in [-0.25, -0.2) is 14.8 Å². The zero-order valence-electron chi connectivity index (χ0n) is 19.1. The van der Waals surface area contributed by atoms with Crippen LogP contribution in [0.2, 0.25) is 0 Å². The first-order valence-corrected chi connectivity index (χ1v) is 11.8. The number of carboxylic acid groups (broad SMARTS) is 1. The van der Waals surface area contributed by atoms with Gasteiger partial charge < -0.3 is 20.1 Å². The van der Waals surface area contributed by atoms with E-state index >= 15 is 0 Å². The van der Waals surface area contributed by atoms with E-state index in [-0.39, 0.29) is 28.8 Å². The lowest BCUT2D eigenvalue weighted by Crippen LogP contribution is -2.56. The van der Waals surface area contributed by atoms with E-state index in [1.54, 1.807) is 13.0 Å². The molecular weight excluding hydrogens is 460 g/mol. The van der Waals surface area contributed by atoms with Crippen LogP contribution in [0.15, 0.2) is 23.4 Å². The average molecular weight is 487 g/mol. The molecule has 0 saturated carbocycles. The molecule has 1 saturated heterocycles. The number of carbonyl (C=O) groups excluding carboxylic acids is 1. The van der Waals surface area contributed by atoms with Gasteiger partial charge in [-0.1, -0.05) is 6.92 Å². The van der Waals surface area contributed by atoms with Gasteiger partial charge in [-0.15, -0.1) is 0 Å². The Labute approximate surface area is 199 Å². The van der Waals surface area contributed by atoms with Crippen molar-refractivity contribution >= 4 is 40.3 Å². The lowest BCUT2D eigenvalue weighted by Gasteiger charge is -2.40. The van der Waals surface area contributed by atoms with Crippen molar-refractivity contribution in [3.05, 3.63) is 39.9 Å². The fraction of sp³-hybridized carbons (Fsp3) is 0.455. The predicted molar refractivity (Wildman–Crippen MR) is 127 cm³/mol. The van der Waals surface area contributed by atoms with Crippen molar-refractivity contribution in [2.45, 2.75) is 33.2 Å². The fourth-order valence-electron chi connectivity index (χ4n) is 3.88. The Morgan fingerprint density at radius 3 is 2.74 bits per heavy atom. The number of nitrogens with one attached hydrogen (secondary N) is 1. The molecule has 3 aromatic heterocycles. The summed E-state index contributed by atoms with van der Waals surface area (Å²) < 4.78 is 10.9. The maximum absolute atomic E-state index is 12.9. The molecular formula is C22H26N6O5S. The van der Waals surface area contributed by atoms with Crippen LogP contribution in [0, 0.1) is 12.8 Å². The third-order valence-electron chi connectivity index (χ3n) is 5.87. The summed E-state index contributed by atoms with van der Waals surface area (Å²) in [6.45, 7) is 7.75. The average Bonchev–Trinajstić information content (AvgIpc) is 3.30. The molecule has 1 amide bonds. The number of carbonyl (C=O) groups is 2. The second kappa shape index (κ2) is 9.85. The number of fused-ring (bicyclic) bond motifs is 1. The minimum absolute atomic E-state index is 0.0165. The monoisotopic (exact) mass is 486 g/mol. The number of pyridine rings is 2. The second-order valence-electron chi connectivity index (χ2n) is 8.14.